The number of fused-ring (bicyclic) bond motifs is 1. The summed E-state index contributed by atoms with van der Waals surface area (Å²) < 4.78 is 0.442. The Morgan fingerprint density at radius 3 is 2.58 bits per heavy atom. The van der Waals surface area contributed by atoms with Crippen molar-refractivity contribution in [2.45, 2.75) is 0 Å². The van der Waals surface area contributed by atoms with Crippen LogP contribution in [0.1, 0.15) is 10.4 Å². The zero-order chi connectivity index (χ0) is 21.4. The van der Waals surface area contributed by atoms with Gasteiger partial charge in [0.1, 0.15) is 15.9 Å². The fourth-order valence-electron chi connectivity index (χ4n) is 3.73. The first-order valence-electron chi connectivity index (χ1n) is 9.83. The number of nitrogens with zero attached hydrogens (tertiary/aromatic N) is 4. The van der Waals surface area contributed by atoms with Gasteiger partial charge in [-0.1, -0.05) is 29.8 Å². The number of thiophene rings is 1. The molecule has 1 aliphatic rings. The van der Waals surface area contributed by atoms with Gasteiger partial charge in [0.25, 0.3) is 11.5 Å². The molecule has 7 nitrogen and oxygen atoms in total. The third kappa shape index (κ3) is 3.68. The van der Waals surface area contributed by atoms with Crippen molar-refractivity contribution in [3.05, 3.63) is 75.0 Å². The van der Waals surface area contributed by atoms with Gasteiger partial charge < -0.3 is 14.8 Å². The number of carbonyl (C=O) groups excluding carboxylic acids is 1. The summed E-state index contributed by atoms with van der Waals surface area (Å²) in [5.74, 6) is 0.240. The van der Waals surface area contributed by atoms with E-state index in [1.54, 1.807) is 28.6 Å². The van der Waals surface area contributed by atoms with Gasteiger partial charge in [-0.15, -0.1) is 11.3 Å². The quantitative estimate of drug-likeness (QED) is 0.514. The molecule has 31 heavy (non-hydrogen) atoms. The fraction of sp³-hybridized carbons (Fsp3) is 0.182. The number of aromatic amines is 1. The molecule has 5 rings (SSSR count). The number of hydrogen-bond donors (Lipinski definition) is 1. The summed E-state index contributed by atoms with van der Waals surface area (Å²) in [6.45, 7) is 2.50. The first kappa shape index (κ1) is 19.7. The third-order valence-corrected chi connectivity index (χ3v) is 6.61. The number of anilines is 1. The van der Waals surface area contributed by atoms with Gasteiger partial charge in [-0.05, 0) is 24.3 Å². The number of amides is 1. The number of H-pyrrole nitrogens is 1. The van der Waals surface area contributed by atoms with E-state index in [1.165, 1.54) is 11.3 Å². The number of hydrogen-bond acceptors (Lipinski definition) is 6. The van der Waals surface area contributed by atoms with Crippen LogP contribution in [0, 0.1) is 0 Å². The van der Waals surface area contributed by atoms with E-state index in [4.69, 9.17) is 11.6 Å². The molecule has 156 valence electrons. The van der Waals surface area contributed by atoms with Crippen molar-refractivity contribution in [3.63, 3.8) is 0 Å². The van der Waals surface area contributed by atoms with Crippen LogP contribution in [0.5, 0.6) is 0 Å². The number of nitrogens with one attached hydrogen (secondary N) is 1. The number of aromatic nitrogens is 3. The summed E-state index contributed by atoms with van der Waals surface area (Å²) in [5, 5.41) is 2.43. The molecule has 1 fully saturated rings. The minimum absolute atomic E-state index is 0.116. The van der Waals surface area contributed by atoms with Crippen molar-refractivity contribution >= 4 is 44.7 Å². The van der Waals surface area contributed by atoms with Crippen LogP contribution in [0.2, 0.25) is 5.02 Å². The molecule has 1 aliphatic heterocycles. The van der Waals surface area contributed by atoms with Gasteiger partial charge in [0, 0.05) is 37.8 Å². The molecule has 9 heteroatoms. The number of rotatable bonds is 3. The van der Waals surface area contributed by atoms with Crippen LogP contribution in [0.15, 0.2) is 58.8 Å². The highest BCUT2D eigenvalue weighted by Gasteiger charge is 2.26. The predicted octanol–water partition coefficient (Wildman–Crippen LogP) is 3.66. The Morgan fingerprint density at radius 1 is 1.06 bits per heavy atom. The standard InChI is InChI=1S/C22H18ClN5O2S/c23-15-5-1-2-7-17(15)27-9-11-28(12-10-27)22(30)14-13-31-19-18(14)25-20(26-21(19)29)16-6-3-4-8-24-16/h1-8,13H,9-12H2,(H,25,26,29). The SMILES string of the molecule is O=C(c1csc2c(=O)[nH]c(-c3ccccn3)nc12)N1CCN(c2ccccc2Cl)CC1. The lowest BCUT2D eigenvalue weighted by Gasteiger charge is -2.36. The van der Waals surface area contributed by atoms with Crippen LogP contribution in [-0.2, 0) is 0 Å². The molecule has 0 spiro atoms. The Morgan fingerprint density at radius 2 is 1.84 bits per heavy atom. The van der Waals surface area contributed by atoms with E-state index in [-0.39, 0.29) is 11.5 Å². The lowest BCUT2D eigenvalue weighted by atomic mass is 10.2. The van der Waals surface area contributed by atoms with Crippen molar-refractivity contribution in [2.24, 2.45) is 0 Å². The highest BCUT2D eigenvalue weighted by Crippen LogP contribution is 2.28. The molecule has 1 aromatic carbocycles. The van der Waals surface area contributed by atoms with Crippen molar-refractivity contribution in [1.29, 1.82) is 0 Å². The number of para-hydroxylation sites is 1. The van der Waals surface area contributed by atoms with Crippen LogP contribution >= 0.6 is 22.9 Å². The second kappa shape index (κ2) is 8.13. The minimum atomic E-state index is -0.266. The molecule has 0 bridgehead atoms. The molecular weight excluding hydrogens is 434 g/mol. The maximum Gasteiger partial charge on any atom is 0.269 e. The Labute approximate surface area is 186 Å². The monoisotopic (exact) mass is 451 g/mol. The average molecular weight is 452 g/mol. The molecule has 4 heterocycles. The van der Waals surface area contributed by atoms with E-state index >= 15 is 0 Å². The summed E-state index contributed by atoms with van der Waals surface area (Å²) in [6.07, 6.45) is 1.64. The summed E-state index contributed by atoms with van der Waals surface area (Å²) in [5.41, 5.74) is 2.14. The van der Waals surface area contributed by atoms with Gasteiger partial charge in [-0.3, -0.25) is 14.6 Å². The Balaban J connectivity index is 1.41. The first-order valence-corrected chi connectivity index (χ1v) is 11.1. The highest BCUT2D eigenvalue weighted by atomic mass is 35.5. The molecule has 0 unspecified atom stereocenters. The molecule has 1 amide bonds. The summed E-state index contributed by atoms with van der Waals surface area (Å²) in [4.78, 5) is 41.4. The van der Waals surface area contributed by atoms with Gasteiger partial charge in [0.2, 0.25) is 0 Å². The van der Waals surface area contributed by atoms with E-state index in [1.807, 2.05) is 30.3 Å². The van der Waals surface area contributed by atoms with Gasteiger partial charge >= 0.3 is 0 Å². The van der Waals surface area contributed by atoms with E-state index < -0.39 is 0 Å². The van der Waals surface area contributed by atoms with Crippen LogP contribution in [0.3, 0.4) is 0 Å². The Bertz CT molecular complexity index is 1310. The van der Waals surface area contributed by atoms with E-state index in [9.17, 15) is 9.59 Å². The number of pyridine rings is 1. The van der Waals surface area contributed by atoms with E-state index in [2.05, 4.69) is 19.9 Å². The fourth-order valence-corrected chi connectivity index (χ4v) is 4.86. The van der Waals surface area contributed by atoms with Crippen LogP contribution in [0.25, 0.3) is 21.7 Å². The molecule has 0 aliphatic carbocycles. The van der Waals surface area contributed by atoms with Crippen LogP contribution in [0.4, 0.5) is 5.69 Å². The van der Waals surface area contributed by atoms with Gasteiger partial charge in [-0.2, -0.15) is 0 Å². The average Bonchev–Trinajstić information content (AvgIpc) is 3.24. The van der Waals surface area contributed by atoms with E-state index in [0.29, 0.717) is 58.5 Å². The van der Waals surface area contributed by atoms with Crippen LogP contribution < -0.4 is 10.5 Å². The summed E-state index contributed by atoms with van der Waals surface area (Å²) in [7, 11) is 0. The number of halogens is 1. The smallest absolute Gasteiger partial charge is 0.269 e. The number of benzene rings is 1. The second-order valence-electron chi connectivity index (χ2n) is 7.19. The zero-order valence-electron chi connectivity index (χ0n) is 16.4. The molecule has 3 aromatic heterocycles. The van der Waals surface area contributed by atoms with Gasteiger partial charge in [0.15, 0.2) is 5.82 Å². The molecule has 0 radical (unpaired) electrons. The predicted molar refractivity (Wildman–Crippen MR) is 123 cm³/mol. The first-order chi connectivity index (χ1) is 15.1. The van der Waals surface area contributed by atoms with Crippen molar-refractivity contribution < 1.29 is 4.79 Å². The number of piperazine rings is 1. The van der Waals surface area contributed by atoms with Gasteiger partial charge in [0.05, 0.1) is 16.3 Å². The topological polar surface area (TPSA) is 82.2 Å². The number of carbonyl (C=O) groups is 1. The largest absolute Gasteiger partial charge is 0.367 e. The van der Waals surface area contributed by atoms with Crippen LogP contribution in [-0.4, -0.2) is 51.9 Å². The van der Waals surface area contributed by atoms with Crippen molar-refractivity contribution in [2.75, 3.05) is 31.1 Å². The normalized spacial score (nSPS) is 14.2. The van der Waals surface area contributed by atoms with E-state index in [0.717, 1.165) is 5.69 Å². The molecule has 1 N–H and O–H groups in total. The maximum absolute atomic E-state index is 13.3. The zero-order valence-corrected chi connectivity index (χ0v) is 18.0. The van der Waals surface area contributed by atoms with Crippen molar-refractivity contribution in [1.82, 2.24) is 19.9 Å². The Hall–Kier alpha value is -3.23. The third-order valence-electron chi connectivity index (χ3n) is 5.32. The lowest BCUT2D eigenvalue weighted by Crippen LogP contribution is -2.48. The highest BCUT2D eigenvalue weighted by molar-refractivity contribution is 7.17. The second-order valence-corrected chi connectivity index (χ2v) is 8.47. The summed E-state index contributed by atoms with van der Waals surface area (Å²) in [6, 6.07) is 13.1. The van der Waals surface area contributed by atoms with Gasteiger partial charge in [-0.25, -0.2) is 4.98 Å². The molecule has 0 saturated carbocycles. The molecule has 4 aromatic rings. The molecule has 1 saturated heterocycles. The molecule has 0 atom stereocenters. The maximum atomic E-state index is 13.3. The lowest BCUT2D eigenvalue weighted by molar-refractivity contribution is 0.0749. The minimum Gasteiger partial charge on any atom is -0.367 e. The Kier molecular flexibility index (Phi) is 5.17. The summed E-state index contributed by atoms with van der Waals surface area (Å²) >= 11 is 7.55. The van der Waals surface area contributed by atoms with Crippen molar-refractivity contribution in [3.8, 4) is 11.5 Å². The molecular formula is C22H18ClN5O2S.